The highest BCUT2D eigenvalue weighted by Gasteiger charge is 2.35. The minimum atomic E-state index is -0.144. The molecule has 164 valence electrons. The highest BCUT2D eigenvalue weighted by molar-refractivity contribution is 5.83. The minimum Gasteiger partial charge on any atom is -0.352 e. The van der Waals surface area contributed by atoms with Crippen molar-refractivity contribution in [2.75, 3.05) is 13.1 Å². The van der Waals surface area contributed by atoms with Crippen LogP contribution in [0.3, 0.4) is 0 Å². The van der Waals surface area contributed by atoms with Gasteiger partial charge in [-0.3, -0.25) is 18.7 Å². The first kappa shape index (κ1) is 20.1. The number of para-hydroxylation sites is 2. The van der Waals surface area contributed by atoms with Crippen molar-refractivity contribution < 1.29 is 9.59 Å². The number of hydrogen-bond donors (Lipinski definition) is 1. The van der Waals surface area contributed by atoms with E-state index in [1.54, 1.807) is 9.13 Å². The Morgan fingerprint density at radius 3 is 2.42 bits per heavy atom. The summed E-state index contributed by atoms with van der Waals surface area (Å²) in [5, 5.41) is 3.09. The Labute approximate surface area is 181 Å². The van der Waals surface area contributed by atoms with E-state index in [2.05, 4.69) is 11.4 Å². The van der Waals surface area contributed by atoms with Crippen LogP contribution in [-0.2, 0) is 16.1 Å². The fourth-order valence-corrected chi connectivity index (χ4v) is 4.91. The van der Waals surface area contributed by atoms with E-state index >= 15 is 0 Å². The Morgan fingerprint density at radius 2 is 1.74 bits per heavy atom. The maximum absolute atomic E-state index is 13.3. The van der Waals surface area contributed by atoms with Crippen molar-refractivity contribution in [2.45, 2.75) is 64.0 Å². The van der Waals surface area contributed by atoms with Crippen LogP contribution in [0.2, 0.25) is 0 Å². The summed E-state index contributed by atoms with van der Waals surface area (Å²) >= 11 is 0. The molecule has 0 spiro atoms. The van der Waals surface area contributed by atoms with Crippen LogP contribution in [0.4, 0.5) is 0 Å². The molecule has 2 amide bonds. The van der Waals surface area contributed by atoms with Crippen LogP contribution >= 0.6 is 0 Å². The molecule has 0 unspecified atom stereocenters. The number of rotatable bonds is 5. The number of nitrogens with one attached hydrogen (secondary N) is 1. The Morgan fingerprint density at radius 1 is 1.00 bits per heavy atom. The quantitative estimate of drug-likeness (QED) is 0.805. The normalized spacial score (nSPS) is 20.0. The number of amides is 2. The molecule has 2 heterocycles. The molecule has 3 aliphatic rings. The molecule has 0 bridgehead atoms. The van der Waals surface area contributed by atoms with Crippen molar-refractivity contribution in [1.29, 1.82) is 0 Å². The average Bonchev–Trinajstić information content (AvgIpc) is 3.61. The number of piperidine rings is 1. The van der Waals surface area contributed by atoms with Crippen LogP contribution < -0.4 is 11.0 Å². The van der Waals surface area contributed by atoms with Crippen LogP contribution in [0.5, 0.6) is 0 Å². The molecule has 7 heteroatoms. The number of likely N-dealkylation sites (tertiary alicyclic amines) is 1. The minimum absolute atomic E-state index is 0.0147. The van der Waals surface area contributed by atoms with Gasteiger partial charge >= 0.3 is 5.69 Å². The summed E-state index contributed by atoms with van der Waals surface area (Å²) in [6, 6.07) is 7.75. The third kappa shape index (κ3) is 4.05. The number of hydrogen-bond acceptors (Lipinski definition) is 3. The van der Waals surface area contributed by atoms with E-state index < -0.39 is 0 Å². The lowest BCUT2D eigenvalue weighted by molar-refractivity contribution is -0.133. The van der Waals surface area contributed by atoms with E-state index in [0.717, 1.165) is 68.1 Å². The van der Waals surface area contributed by atoms with Crippen LogP contribution in [0.1, 0.15) is 51.4 Å². The Bertz CT molecular complexity index is 1080. The van der Waals surface area contributed by atoms with E-state index in [1.165, 1.54) is 0 Å². The zero-order chi connectivity index (χ0) is 21.4. The van der Waals surface area contributed by atoms with Gasteiger partial charge in [0.2, 0.25) is 11.8 Å². The fraction of sp³-hybridized carbons (Fsp3) is 0.542. The Balaban J connectivity index is 1.29. The van der Waals surface area contributed by atoms with Crippen molar-refractivity contribution in [1.82, 2.24) is 19.4 Å². The molecule has 1 N–H and O–H groups in total. The number of aromatic nitrogens is 2. The highest BCUT2D eigenvalue weighted by atomic mass is 16.2. The second-order valence-corrected chi connectivity index (χ2v) is 9.08. The summed E-state index contributed by atoms with van der Waals surface area (Å²) in [4.78, 5) is 40.2. The third-order valence-corrected chi connectivity index (χ3v) is 6.79. The van der Waals surface area contributed by atoms with Crippen LogP contribution in [0.25, 0.3) is 16.7 Å². The van der Waals surface area contributed by atoms with E-state index in [4.69, 9.17) is 0 Å². The summed E-state index contributed by atoms with van der Waals surface area (Å²) in [6.07, 6.45) is 9.86. The fourth-order valence-electron chi connectivity index (χ4n) is 4.91. The van der Waals surface area contributed by atoms with Gasteiger partial charge < -0.3 is 10.2 Å². The number of nitrogens with zero attached hydrogens (tertiary/aromatic N) is 3. The van der Waals surface area contributed by atoms with Crippen molar-refractivity contribution in [2.24, 2.45) is 5.92 Å². The molecule has 1 aromatic heterocycles. The molecule has 1 saturated heterocycles. The van der Waals surface area contributed by atoms with Crippen molar-refractivity contribution in [3.63, 3.8) is 0 Å². The summed E-state index contributed by atoms with van der Waals surface area (Å²) in [6.45, 7) is 1.42. The van der Waals surface area contributed by atoms with Crippen molar-refractivity contribution in [3.8, 4) is 0 Å². The summed E-state index contributed by atoms with van der Waals surface area (Å²) < 4.78 is 3.37. The van der Waals surface area contributed by atoms with Gasteiger partial charge in [0.15, 0.2) is 0 Å². The molecule has 2 aliphatic carbocycles. The molecular formula is C24H30N4O3. The van der Waals surface area contributed by atoms with Gasteiger partial charge in [0.05, 0.1) is 11.0 Å². The van der Waals surface area contributed by atoms with E-state index in [9.17, 15) is 14.4 Å². The number of carbonyl (C=O) groups excluding carboxylic acids is 2. The zero-order valence-corrected chi connectivity index (χ0v) is 17.9. The first-order valence-electron chi connectivity index (χ1n) is 11.6. The first-order valence-corrected chi connectivity index (χ1v) is 11.6. The van der Waals surface area contributed by atoms with Crippen LogP contribution in [0.15, 0.2) is 35.1 Å². The number of benzene rings is 1. The molecule has 1 saturated carbocycles. The molecule has 0 radical (unpaired) electrons. The second-order valence-electron chi connectivity index (χ2n) is 9.08. The predicted octanol–water partition coefficient (Wildman–Crippen LogP) is 2.74. The highest BCUT2D eigenvalue weighted by Crippen LogP contribution is 2.32. The Hall–Kier alpha value is -2.83. The predicted molar refractivity (Wildman–Crippen MR) is 119 cm³/mol. The topological polar surface area (TPSA) is 76.3 Å². The summed E-state index contributed by atoms with van der Waals surface area (Å²) in [5.41, 5.74) is 2.55. The van der Waals surface area contributed by atoms with Gasteiger partial charge in [0.25, 0.3) is 0 Å². The molecule has 2 aromatic rings. The van der Waals surface area contributed by atoms with Gasteiger partial charge in [-0.05, 0) is 63.5 Å². The number of allylic oxidation sites excluding steroid dienone is 2. The number of carbonyl (C=O) groups is 2. The lowest BCUT2D eigenvalue weighted by Gasteiger charge is -2.32. The monoisotopic (exact) mass is 422 g/mol. The van der Waals surface area contributed by atoms with Gasteiger partial charge in [-0.15, -0.1) is 0 Å². The SMILES string of the molecule is O=C(Cn1c(=O)n(C2=CCCCC2)c2ccccc21)NC1CCN(C(=O)C2CC2)CC1. The summed E-state index contributed by atoms with van der Waals surface area (Å²) in [5.74, 6) is 0.380. The molecule has 31 heavy (non-hydrogen) atoms. The van der Waals surface area contributed by atoms with Gasteiger partial charge in [-0.25, -0.2) is 4.79 Å². The van der Waals surface area contributed by atoms with Crippen LogP contribution in [-0.4, -0.2) is 45.0 Å². The second kappa shape index (κ2) is 8.36. The lowest BCUT2D eigenvalue weighted by Crippen LogP contribution is -2.48. The molecule has 0 atom stereocenters. The van der Waals surface area contributed by atoms with Gasteiger partial charge in [0, 0.05) is 30.7 Å². The smallest absolute Gasteiger partial charge is 0.333 e. The van der Waals surface area contributed by atoms with Crippen molar-refractivity contribution in [3.05, 3.63) is 40.8 Å². The summed E-state index contributed by atoms with van der Waals surface area (Å²) in [7, 11) is 0. The third-order valence-electron chi connectivity index (χ3n) is 6.79. The zero-order valence-electron chi connectivity index (χ0n) is 17.9. The maximum atomic E-state index is 13.3. The van der Waals surface area contributed by atoms with Crippen molar-refractivity contribution >= 4 is 28.5 Å². The number of imidazole rings is 1. The molecule has 5 rings (SSSR count). The molecule has 1 aromatic carbocycles. The standard InChI is InChI=1S/C24H30N4O3/c29-22(25-18-12-14-26(15-13-18)23(30)17-10-11-17)16-27-20-8-4-5-9-21(20)28(24(27)31)19-6-2-1-3-7-19/h4-6,8-9,17-18H,1-3,7,10-16H2,(H,25,29). The van der Waals surface area contributed by atoms with Gasteiger partial charge in [-0.1, -0.05) is 18.2 Å². The molecule has 1 aliphatic heterocycles. The van der Waals surface area contributed by atoms with Gasteiger partial charge in [0.1, 0.15) is 6.54 Å². The number of fused-ring (bicyclic) bond motifs is 1. The van der Waals surface area contributed by atoms with E-state index in [1.807, 2.05) is 29.2 Å². The maximum Gasteiger partial charge on any atom is 0.333 e. The lowest BCUT2D eigenvalue weighted by atomic mass is 10.0. The molecule has 7 nitrogen and oxygen atoms in total. The molecule has 2 fully saturated rings. The van der Waals surface area contributed by atoms with E-state index in [0.29, 0.717) is 13.1 Å². The van der Waals surface area contributed by atoms with Crippen LogP contribution in [0, 0.1) is 5.92 Å². The first-order chi connectivity index (χ1) is 15.1. The average molecular weight is 423 g/mol. The van der Waals surface area contributed by atoms with E-state index in [-0.39, 0.29) is 36.0 Å². The largest absolute Gasteiger partial charge is 0.352 e. The molecular weight excluding hydrogens is 392 g/mol. The van der Waals surface area contributed by atoms with Gasteiger partial charge in [-0.2, -0.15) is 0 Å². The Kier molecular flexibility index (Phi) is 5.42.